The molecule has 0 fully saturated rings. The van der Waals surface area contributed by atoms with Crippen molar-refractivity contribution in [2.24, 2.45) is 0 Å². The first-order chi connectivity index (χ1) is 13.6. The molecule has 0 aromatic heterocycles. The first kappa shape index (κ1) is 18.6. The van der Waals surface area contributed by atoms with E-state index in [-0.39, 0.29) is 0 Å². The van der Waals surface area contributed by atoms with E-state index in [1.807, 2.05) is 12.1 Å². The van der Waals surface area contributed by atoms with Gasteiger partial charge in [-0.25, -0.2) is 0 Å². The Bertz CT molecular complexity index is 930. The largest absolute Gasteiger partial charge is 0.497 e. The van der Waals surface area contributed by atoms with Crippen molar-refractivity contribution in [2.75, 3.05) is 32.6 Å². The molecule has 0 unspecified atom stereocenters. The van der Waals surface area contributed by atoms with E-state index >= 15 is 0 Å². The number of ether oxygens (including phenoxy) is 1. The monoisotopic (exact) mass is 372 g/mol. The number of hydrogen-bond donors (Lipinski definition) is 0. The molecular formula is C25H28N2O. The van der Waals surface area contributed by atoms with Crippen LogP contribution in [0.3, 0.4) is 0 Å². The zero-order valence-corrected chi connectivity index (χ0v) is 17.0. The predicted octanol–water partition coefficient (Wildman–Crippen LogP) is 4.99. The molecule has 1 heterocycles. The van der Waals surface area contributed by atoms with Crippen molar-refractivity contribution in [1.82, 2.24) is 4.90 Å². The molecule has 0 saturated heterocycles. The maximum absolute atomic E-state index is 5.29. The van der Waals surface area contributed by atoms with Crippen LogP contribution < -0.4 is 9.64 Å². The van der Waals surface area contributed by atoms with Gasteiger partial charge in [-0.15, -0.1) is 0 Å². The van der Waals surface area contributed by atoms with Gasteiger partial charge in [-0.1, -0.05) is 54.6 Å². The van der Waals surface area contributed by atoms with Crippen LogP contribution in [-0.4, -0.2) is 32.6 Å². The topological polar surface area (TPSA) is 15.7 Å². The molecule has 3 aromatic carbocycles. The second-order valence-corrected chi connectivity index (χ2v) is 7.77. The number of anilines is 1. The van der Waals surface area contributed by atoms with E-state index in [2.05, 4.69) is 78.5 Å². The fraction of sp³-hybridized carbons (Fsp3) is 0.280. The summed E-state index contributed by atoms with van der Waals surface area (Å²) < 4.78 is 5.29. The number of benzene rings is 3. The zero-order valence-electron chi connectivity index (χ0n) is 17.0. The third kappa shape index (κ3) is 3.90. The Balaban J connectivity index is 1.62. The van der Waals surface area contributed by atoms with E-state index in [1.54, 1.807) is 7.11 Å². The Hall–Kier alpha value is -2.78. The number of fused-ring (bicyclic) bond motifs is 1. The van der Waals surface area contributed by atoms with Crippen LogP contribution >= 0.6 is 0 Å². The number of rotatable bonds is 6. The van der Waals surface area contributed by atoms with Gasteiger partial charge in [0.2, 0.25) is 0 Å². The van der Waals surface area contributed by atoms with Gasteiger partial charge in [0, 0.05) is 30.9 Å². The SMILES string of the molecule is COc1ccc(CN2CCc3cccc(-c4ccc(CN(C)C)cc4)c32)cc1. The number of hydrogen-bond acceptors (Lipinski definition) is 3. The lowest BCUT2D eigenvalue weighted by molar-refractivity contribution is 0.402. The molecular weight excluding hydrogens is 344 g/mol. The average Bonchev–Trinajstić information content (AvgIpc) is 3.12. The number of para-hydroxylation sites is 1. The lowest BCUT2D eigenvalue weighted by Gasteiger charge is -2.23. The van der Waals surface area contributed by atoms with Gasteiger partial charge in [0.15, 0.2) is 0 Å². The van der Waals surface area contributed by atoms with Gasteiger partial charge in [0.25, 0.3) is 0 Å². The van der Waals surface area contributed by atoms with Crippen molar-refractivity contribution in [3.8, 4) is 16.9 Å². The minimum Gasteiger partial charge on any atom is -0.497 e. The molecule has 0 radical (unpaired) electrons. The smallest absolute Gasteiger partial charge is 0.118 e. The highest BCUT2D eigenvalue weighted by Gasteiger charge is 2.23. The molecule has 1 aliphatic rings. The molecule has 0 N–H and O–H groups in total. The van der Waals surface area contributed by atoms with Crippen LogP contribution in [0.25, 0.3) is 11.1 Å². The summed E-state index contributed by atoms with van der Waals surface area (Å²) in [6, 6.07) is 24.2. The van der Waals surface area contributed by atoms with Crippen LogP contribution in [0.5, 0.6) is 5.75 Å². The van der Waals surface area contributed by atoms with Crippen LogP contribution in [0, 0.1) is 0 Å². The maximum Gasteiger partial charge on any atom is 0.118 e. The van der Waals surface area contributed by atoms with E-state index in [0.717, 1.165) is 31.8 Å². The summed E-state index contributed by atoms with van der Waals surface area (Å²) >= 11 is 0. The fourth-order valence-electron chi connectivity index (χ4n) is 4.03. The van der Waals surface area contributed by atoms with Crippen molar-refractivity contribution >= 4 is 5.69 Å². The van der Waals surface area contributed by atoms with Gasteiger partial charge >= 0.3 is 0 Å². The standard InChI is InChI=1S/C25H28N2O/c1-26(2)17-19-7-11-21(12-8-19)24-6-4-5-22-15-16-27(25(22)24)18-20-9-13-23(28-3)14-10-20/h4-14H,15-18H2,1-3H3. The van der Waals surface area contributed by atoms with Crippen molar-refractivity contribution in [3.63, 3.8) is 0 Å². The summed E-state index contributed by atoms with van der Waals surface area (Å²) in [5, 5.41) is 0. The normalized spacial score (nSPS) is 13.1. The van der Waals surface area contributed by atoms with Crippen LogP contribution in [0.15, 0.2) is 66.7 Å². The van der Waals surface area contributed by atoms with Gasteiger partial charge < -0.3 is 14.5 Å². The Labute approximate surface area is 168 Å². The molecule has 144 valence electrons. The van der Waals surface area contributed by atoms with E-state index in [0.29, 0.717) is 0 Å². The summed E-state index contributed by atoms with van der Waals surface area (Å²) in [6.07, 6.45) is 1.11. The number of nitrogens with zero attached hydrogens (tertiary/aromatic N) is 2. The van der Waals surface area contributed by atoms with Gasteiger partial charge in [-0.2, -0.15) is 0 Å². The van der Waals surface area contributed by atoms with Gasteiger partial charge in [-0.05, 0) is 54.9 Å². The summed E-state index contributed by atoms with van der Waals surface area (Å²) in [5.41, 5.74) is 8.11. The first-order valence-corrected chi connectivity index (χ1v) is 9.88. The molecule has 28 heavy (non-hydrogen) atoms. The van der Waals surface area contributed by atoms with E-state index in [9.17, 15) is 0 Å². The molecule has 3 nitrogen and oxygen atoms in total. The van der Waals surface area contributed by atoms with Crippen molar-refractivity contribution in [2.45, 2.75) is 19.5 Å². The highest BCUT2D eigenvalue weighted by Crippen LogP contribution is 2.39. The molecule has 3 heteroatoms. The quantitative estimate of drug-likeness (QED) is 0.606. The van der Waals surface area contributed by atoms with Crippen molar-refractivity contribution in [1.29, 1.82) is 0 Å². The van der Waals surface area contributed by atoms with Crippen molar-refractivity contribution < 1.29 is 4.74 Å². The third-order valence-electron chi connectivity index (χ3n) is 5.38. The number of methoxy groups -OCH3 is 1. The van der Waals surface area contributed by atoms with Gasteiger partial charge in [0.05, 0.1) is 7.11 Å². The second kappa shape index (κ2) is 8.07. The third-order valence-corrected chi connectivity index (χ3v) is 5.38. The summed E-state index contributed by atoms with van der Waals surface area (Å²) in [5.74, 6) is 0.907. The predicted molar refractivity (Wildman–Crippen MR) is 117 cm³/mol. The Morgan fingerprint density at radius 3 is 2.29 bits per heavy atom. The van der Waals surface area contributed by atoms with Crippen LogP contribution in [-0.2, 0) is 19.5 Å². The molecule has 4 rings (SSSR count). The molecule has 0 saturated carbocycles. The molecule has 0 aliphatic carbocycles. The highest BCUT2D eigenvalue weighted by atomic mass is 16.5. The van der Waals surface area contributed by atoms with Crippen LogP contribution in [0.4, 0.5) is 5.69 Å². The fourth-order valence-corrected chi connectivity index (χ4v) is 4.03. The average molecular weight is 373 g/mol. The Kier molecular flexibility index (Phi) is 5.36. The van der Waals surface area contributed by atoms with E-state index in [1.165, 1.54) is 33.5 Å². The summed E-state index contributed by atoms with van der Waals surface area (Å²) in [7, 11) is 5.92. The first-order valence-electron chi connectivity index (χ1n) is 9.88. The molecule has 1 aliphatic heterocycles. The minimum atomic E-state index is 0.907. The zero-order chi connectivity index (χ0) is 19.5. The van der Waals surface area contributed by atoms with Gasteiger partial charge in [-0.3, -0.25) is 0 Å². The van der Waals surface area contributed by atoms with Crippen LogP contribution in [0.2, 0.25) is 0 Å². The minimum absolute atomic E-state index is 0.907. The van der Waals surface area contributed by atoms with Gasteiger partial charge in [0.1, 0.15) is 5.75 Å². The molecule has 0 spiro atoms. The van der Waals surface area contributed by atoms with Crippen molar-refractivity contribution in [3.05, 3.63) is 83.4 Å². The second-order valence-electron chi connectivity index (χ2n) is 7.77. The lowest BCUT2D eigenvalue weighted by atomic mass is 9.99. The van der Waals surface area contributed by atoms with Crippen LogP contribution in [0.1, 0.15) is 16.7 Å². The summed E-state index contributed by atoms with van der Waals surface area (Å²) in [6.45, 7) is 2.96. The lowest BCUT2D eigenvalue weighted by Crippen LogP contribution is -2.20. The Morgan fingerprint density at radius 1 is 0.893 bits per heavy atom. The summed E-state index contributed by atoms with van der Waals surface area (Å²) in [4.78, 5) is 4.71. The Morgan fingerprint density at radius 2 is 1.61 bits per heavy atom. The molecule has 3 aromatic rings. The molecule has 0 bridgehead atoms. The van der Waals surface area contributed by atoms with E-state index < -0.39 is 0 Å². The molecule has 0 atom stereocenters. The highest BCUT2D eigenvalue weighted by molar-refractivity contribution is 5.82. The van der Waals surface area contributed by atoms with E-state index in [4.69, 9.17) is 4.74 Å². The molecule has 0 amide bonds. The maximum atomic E-state index is 5.29.